The predicted molar refractivity (Wildman–Crippen MR) is 86.9 cm³/mol. The number of ketones is 1. The summed E-state index contributed by atoms with van der Waals surface area (Å²) >= 11 is 0. The van der Waals surface area contributed by atoms with Crippen LogP contribution in [0.2, 0.25) is 0 Å². The van der Waals surface area contributed by atoms with Crippen LogP contribution in [-0.4, -0.2) is 36.5 Å². The molecule has 22 heavy (non-hydrogen) atoms. The van der Waals surface area contributed by atoms with E-state index in [-0.39, 0.29) is 17.9 Å². The molecule has 1 heterocycles. The molecule has 2 aromatic carbocycles. The third-order valence-electron chi connectivity index (χ3n) is 4.28. The van der Waals surface area contributed by atoms with Gasteiger partial charge in [-0.05, 0) is 12.5 Å². The number of hydrogen-bond acceptors (Lipinski definition) is 3. The number of benzene rings is 2. The highest BCUT2D eigenvalue weighted by Gasteiger charge is 2.29. The Hall–Kier alpha value is -1.97. The molecule has 3 nitrogen and oxygen atoms in total. The molecule has 114 valence electrons. The Kier molecular flexibility index (Phi) is 4.66. The summed E-state index contributed by atoms with van der Waals surface area (Å²) in [4.78, 5) is 14.9. The molecule has 3 rings (SSSR count). The van der Waals surface area contributed by atoms with Crippen LogP contribution in [0.15, 0.2) is 60.7 Å². The van der Waals surface area contributed by atoms with Gasteiger partial charge in [-0.15, -0.1) is 0 Å². The van der Waals surface area contributed by atoms with Crippen molar-refractivity contribution < 1.29 is 9.53 Å². The molecule has 1 saturated heterocycles. The molecular weight excluding hydrogens is 274 g/mol. The summed E-state index contributed by atoms with van der Waals surface area (Å²) in [7, 11) is 0. The first kappa shape index (κ1) is 14.9. The summed E-state index contributed by atoms with van der Waals surface area (Å²) in [6.45, 7) is 4.28. The van der Waals surface area contributed by atoms with Gasteiger partial charge in [-0.2, -0.15) is 0 Å². The van der Waals surface area contributed by atoms with E-state index in [0.29, 0.717) is 13.2 Å². The lowest BCUT2D eigenvalue weighted by atomic mass is 10.0. The zero-order valence-electron chi connectivity index (χ0n) is 12.8. The number of nitrogens with zero attached hydrogens (tertiary/aromatic N) is 1. The van der Waals surface area contributed by atoms with Crippen molar-refractivity contribution in [3.8, 4) is 0 Å². The average Bonchev–Trinajstić information content (AvgIpc) is 2.62. The quantitative estimate of drug-likeness (QED) is 0.810. The maximum absolute atomic E-state index is 12.6. The number of ether oxygens (including phenoxy) is 1. The van der Waals surface area contributed by atoms with Gasteiger partial charge in [-0.25, -0.2) is 0 Å². The fourth-order valence-electron chi connectivity index (χ4n) is 2.91. The standard InChI is InChI=1S/C19H21NO2/c1-15(16-8-4-2-5-9-16)20-12-13-22-18(14-20)19(21)17-10-6-3-7-11-17/h2-11,15,18H,12-14H2,1H3/t15-,18-/m1/s1. The lowest BCUT2D eigenvalue weighted by molar-refractivity contribution is -0.0283. The molecule has 0 bridgehead atoms. The van der Waals surface area contributed by atoms with Gasteiger partial charge >= 0.3 is 0 Å². The Balaban J connectivity index is 1.70. The summed E-state index contributed by atoms with van der Waals surface area (Å²) in [6, 6.07) is 20.1. The lowest BCUT2D eigenvalue weighted by Gasteiger charge is -2.36. The lowest BCUT2D eigenvalue weighted by Crippen LogP contribution is -2.46. The van der Waals surface area contributed by atoms with Crippen molar-refractivity contribution in [3.05, 3.63) is 71.8 Å². The minimum Gasteiger partial charge on any atom is -0.367 e. The van der Waals surface area contributed by atoms with Gasteiger partial charge in [0.2, 0.25) is 0 Å². The van der Waals surface area contributed by atoms with Crippen LogP contribution in [-0.2, 0) is 4.74 Å². The average molecular weight is 295 g/mol. The van der Waals surface area contributed by atoms with Crippen LogP contribution in [0.4, 0.5) is 0 Å². The number of hydrogen-bond donors (Lipinski definition) is 0. The normalized spacial score (nSPS) is 20.5. The van der Waals surface area contributed by atoms with Crippen molar-refractivity contribution >= 4 is 5.78 Å². The first-order valence-electron chi connectivity index (χ1n) is 7.75. The molecule has 2 atom stereocenters. The molecular formula is C19H21NO2. The third-order valence-corrected chi connectivity index (χ3v) is 4.28. The maximum Gasteiger partial charge on any atom is 0.192 e. The molecule has 1 aliphatic heterocycles. The Morgan fingerprint density at radius 3 is 2.41 bits per heavy atom. The van der Waals surface area contributed by atoms with Crippen LogP contribution in [0.3, 0.4) is 0 Å². The smallest absolute Gasteiger partial charge is 0.192 e. The summed E-state index contributed by atoms with van der Waals surface area (Å²) in [5, 5.41) is 0. The fraction of sp³-hybridized carbons (Fsp3) is 0.316. The van der Waals surface area contributed by atoms with E-state index in [1.165, 1.54) is 5.56 Å². The Morgan fingerprint density at radius 1 is 1.09 bits per heavy atom. The van der Waals surface area contributed by atoms with E-state index in [4.69, 9.17) is 4.74 Å². The first-order valence-corrected chi connectivity index (χ1v) is 7.75. The van der Waals surface area contributed by atoms with Crippen LogP contribution in [0, 0.1) is 0 Å². The minimum absolute atomic E-state index is 0.0746. The van der Waals surface area contributed by atoms with Crippen molar-refractivity contribution in [1.82, 2.24) is 4.90 Å². The van der Waals surface area contributed by atoms with E-state index in [2.05, 4.69) is 36.1 Å². The van der Waals surface area contributed by atoms with E-state index < -0.39 is 0 Å². The molecule has 1 fully saturated rings. The number of carbonyl (C=O) groups excluding carboxylic acids is 1. The van der Waals surface area contributed by atoms with Crippen LogP contribution in [0.5, 0.6) is 0 Å². The first-order chi connectivity index (χ1) is 10.8. The largest absolute Gasteiger partial charge is 0.367 e. The third kappa shape index (κ3) is 3.26. The van der Waals surface area contributed by atoms with E-state index in [0.717, 1.165) is 12.1 Å². The van der Waals surface area contributed by atoms with E-state index in [9.17, 15) is 4.79 Å². The van der Waals surface area contributed by atoms with Crippen molar-refractivity contribution in [1.29, 1.82) is 0 Å². The molecule has 0 amide bonds. The minimum atomic E-state index is -0.373. The van der Waals surface area contributed by atoms with Crippen LogP contribution in [0.1, 0.15) is 28.9 Å². The zero-order chi connectivity index (χ0) is 15.4. The summed E-state index contributed by atoms with van der Waals surface area (Å²) in [5.74, 6) is 0.0746. The Morgan fingerprint density at radius 2 is 1.73 bits per heavy atom. The maximum atomic E-state index is 12.6. The molecule has 0 unspecified atom stereocenters. The zero-order valence-corrected chi connectivity index (χ0v) is 12.8. The summed E-state index contributed by atoms with van der Waals surface area (Å²) in [5.41, 5.74) is 2.00. The van der Waals surface area contributed by atoms with Crippen LogP contribution in [0.25, 0.3) is 0 Å². The molecule has 1 aliphatic rings. The SMILES string of the molecule is C[C@H](c1ccccc1)N1CCO[C@@H](C(=O)c2ccccc2)C1. The fourth-order valence-corrected chi connectivity index (χ4v) is 2.91. The van der Waals surface area contributed by atoms with Gasteiger partial charge in [0.25, 0.3) is 0 Å². The second kappa shape index (κ2) is 6.86. The molecule has 0 aliphatic carbocycles. The highest BCUT2D eigenvalue weighted by molar-refractivity contribution is 5.99. The Bertz CT molecular complexity index is 612. The monoisotopic (exact) mass is 295 g/mol. The number of Topliss-reactive ketones (excluding diaryl/α,β-unsaturated/α-hetero) is 1. The van der Waals surface area contributed by atoms with Gasteiger partial charge in [0.05, 0.1) is 6.61 Å². The second-order valence-corrected chi connectivity index (χ2v) is 5.67. The predicted octanol–water partition coefficient (Wildman–Crippen LogP) is 3.33. The second-order valence-electron chi connectivity index (χ2n) is 5.67. The number of carbonyl (C=O) groups is 1. The van der Waals surface area contributed by atoms with Crippen molar-refractivity contribution in [3.63, 3.8) is 0 Å². The number of rotatable bonds is 4. The molecule has 0 N–H and O–H groups in total. The van der Waals surface area contributed by atoms with Gasteiger partial charge in [0.1, 0.15) is 6.10 Å². The summed E-state index contributed by atoms with van der Waals surface area (Å²) < 4.78 is 5.72. The highest BCUT2D eigenvalue weighted by Crippen LogP contribution is 2.23. The van der Waals surface area contributed by atoms with E-state index in [1.54, 1.807) is 0 Å². The van der Waals surface area contributed by atoms with Gasteiger partial charge in [0.15, 0.2) is 5.78 Å². The van der Waals surface area contributed by atoms with Gasteiger partial charge in [-0.3, -0.25) is 9.69 Å². The molecule has 3 heteroatoms. The van der Waals surface area contributed by atoms with Crippen LogP contribution >= 0.6 is 0 Å². The highest BCUT2D eigenvalue weighted by atomic mass is 16.5. The van der Waals surface area contributed by atoms with Crippen molar-refractivity contribution in [2.75, 3.05) is 19.7 Å². The topological polar surface area (TPSA) is 29.5 Å². The molecule has 0 saturated carbocycles. The molecule has 0 spiro atoms. The van der Waals surface area contributed by atoms with Gasteiger partial charge < -0.3 is 4.74 Å². The number of morpholine rings is 1. The van der Waals surface area contributed by atoms with Crippen molar-refractivity contribution in [2.45, 2.75) is 19.1 Å². The Labute approximate surface area is 131 Å². The molecule has 0 radical (unpaired) electrons. The van der Waals surface area contributed by atoms with Gasteiger partial charge in [-0.1, -0.05) is 60.7 Å². The van der Waals surface area contributed by atoms with E-state index >= 15 is 0 Å². The summed E-state index contributed by atoms with van der Waals surface area (Å²) in [6.07, 6.45) is -0.373. The van der Waals surface area contributed by atoms with Crippen LogP contribution < -0.4 is 0 Å². The van der Waals surface area contributed by atoms with Crippen molar-refractivity contribution in [2.24, 2.45) is 0 Å². The molecule has 0 aromatic heterocycles. The van der Waals surface area contributed by atoms with Gasteiger partial charge in [0, 0.05) is 24.7 Å². The molecule has 2 aromatic rings. The van der Waals surface area contributed by atoms with E-state index in [1.807, 2.05) is 36.4 Å².